The van der Waals surface area contributed by atoms with E-state index >= 15 is 8.78 Å². The number of rotatable bonds is 11. The maximum absolute atomic E-state index is 17.1. The number of carbonyl (C=O) groups excluding carboxylic acids is 2. The van der Waals surface area contributed by atoms with Crippen molar-refractivity contribution < 1.29 is 32.6 Å². The van der Waals surface area contributed by atoms with Crippen molar-refractivity contribution in [3.8, 4) is 23.0 Å². The van der Waals surface area contributed by atoms with Gasteiger partial charge in [0.15, 0.2) is 18.3 Å². The minimum Gasteiger partial charge on any atom is -0.468 e. The van der Waals surface area contributed by atoms with E-state index in [0.29, 0.717) is 83.3 Å². The largest absolute Gasteiger partial charge is 0.468 e. The SMILES string of the molecule is CCc1c(F)ccc2cc(OCOC)cc(-c3ncc4c(N5CCCn6nc(C(=O)N(C)C)c(Cl)c6C5)nc(OCC5(C=O)CC5)nc4c3F)c12. The van der Waals surface area contributed by atoms with Gasteiger partial charge in [0.1, 0.15) is 41.5 Å². The van der Waals surface area contributed by atoms with Gasteiger partial charge in [-0.1, -0.05) is 24.6 Å². The summed E-state index contributed by atoms with van der Waals surface area (Å²) in [6.45, 7) is 2.98. The van der Waals surface area contributed by atoms with Crippen LogP contribution in [0.5, 0.6) is 11.8 Å². The summed E-state index contributed by atoms with van der Waals surface area (Å²) in [5.41, 5.74) is 0.700. The Morgan fingerprint density at radius 2 is 1.94 bits per heavy atom. The van der Waals surface area contributed by atoms with Crippen LogP contribution in [0.25, 0.3) is 32.9 Å². The van der Waals surface area contributed by atoms with Crippen molar-refractivity contribution in [1.82, 2.24) is 29.6 Å². The van der Waals surface area contributed by atoms with Gasteiger partial charge in [-0.2, -0.15) is 15.1 Å². The van der Waals surface area contributed by atoms with Crippen LogP contribution in [0.2, 0.25) is 5.02 Å². The van der Waals surface area contributed by atoms with Crippen LogP contribution in [0, 0.1) is 17.0 Å². The third-order valence-corrected chi connectivity index (χ3v) is 9.81. The lowest BCUT2D eigenvalue weighted by Gasteiger charge is -2.24. The Bertz CT molecular complexity index is 2190. The van der Waals surface area contributed by atoms with Crippen LogP contribution in [0.3, 0.4) is 0 Å². The van der Waals surface area contributed by atoms with Crippen molar-refractivity contribution in [3.63, 3.8) is 0 Å². The molecule has 2 aromatic carbocycles. The Balaban J connectivity index is 1.40. The number of fused-ring (bicyclic) bond motifs is 3. The van der Waals surface area contributed by atoms with E-state index in [2.05, 4.69) is 15.1 Å². The number of halogens is 3. The average molecular weight is 720 g/mol. The van der Waals surface area contributed by atoms with Gasteiger partial charge in [0.2, 0.25) is 0 Å². The Hall–Kier alpha value is -4.95. The highest BCUT2D eigenvalue weighted by Gasteiger charge is 2.44. The van der Waals surface area contributed by atoms with E-state index in [4.69, 9.17) is 30.8 Å². The van der Waals surface area contributed by atoms with E-state index in [-0.39, 0.29) is 53.8 Å². The summed E-state index contributed by atoms with van der Waals surface area (Å²) in [5, 5.41) is 6.16. The number of aromatic nitrogens is 5. The quantitative estimate of drug-likeness (QED) is 0.119. The van der Waals surface area contributed by atoms with Crippen LogP contribution in [-0.4, -0.2) is 83.0 Å². The van der Waals surface area contributed by atoms with Crippen molar-refractivity contribution in [3.05, 3.63) is 64.1 Å². The van der Waals surface area contributed by atoms with Crippen LogP contribution >= 0.6 is 11.6 Å². The fourth-order valence-electron chi connectivity index (χ4n) is 6.42. The summed E-state index contributed by atoms with van der Waals surface area (Å²) in [4.78, 5) is 41.7. The second kappa shape index (κ2) is 13.6. The molecule has 2 aliphatic rings. The Morgan fingerprint density at radius 1 is 1.14 bits per heavy atom. The number of ether oxygens (including phenoxy) is 3. The van der Waals surface area contributed by atoms with Crippen molar-refractivity contribution in [2.45, 2.75) is 45.7 Å². The molecule has 4 heterocycles. The second-order valence-corrected chi connectivity index (χ2v) is 13.5. The first-order chi connectivity index (χ1) is 24.6. The van der Waals surface area contributed by atoms with Crippen LogP contribution < -0.4 is 14.4 Å². The molecule has 12 nitrogen and oxygen atoms in total. The fraction of sp³-hybridized carbons (Fsp3) is 0.389. The summed E-state index contributed by atoms with van der Waals surface area (Å²) >= 11 is 6.76. The minimum absolute atomic E-state index is 0.0400. The molecule has 1 fully saturated rings. The van der Waals surface area contributed by atoms with Crippen LogP contribution in [0.15, 0.2) is 30.5 Å². The summed E-state index contributed by atoms with van der Waals surface area (Å²) < 4.78 is 50.8. The zero-order valence-corrected chi connectivity index (χ0v) is 29.4. The van der Waals surface area contributed by atoms with E-state index in [0.717, 1.165) is 6.29 Å². The molecule has 266 valence electrons. The van der Waals surface area contributed by atoms with Gasteiger partial charge in [0, 0.05) is 46.1 Å². The maximum Gasteiger partial charge on any atom is 0.319 e. The molecule has 15 heteroatoms. The second-order valence-electron chi connectivity index (χ2n) is 13.1. The standard InChI is InChI=1S/C36H36ClF2N7O5/c1-5-22-25(38)8-7-20-13-21(51-19-49-4)14-23(27(20)22)30-29(39)31-24(15-40-30)33(42-35(41-31)50-18-36(17-47)9-10-36)45-11-6-12-46-26(16-45)28(37)32(43-46)34(48)44(2)3/h7-8,13-15,17H,5-6,9-12,16,18-19H2,1-4H3. The van der Waals surface area contributed by atoms with Crippen molar-refractivity contribution in [1.29, 1.82) is 0 Å². The highest BCUT2D eigenvalue weighted by Crippen LogP contribution is 2.44. The van der Waals surface area contributed by atoms with Crippen molar-refractivity contribution in [2.24, 2.45) is 5.41 Å². The molecule has 0 spiro atoms. The van der Waals surface area contributed by atoms with Gasteiger partial charge < -0.3 is 28.8 Å². The number of methoxy groups -OCH3 is 1. The fourth-order valence-corrected chi connectivity index (χ4v) is 6.70. The molecule has 1 saturated carbocycles. The molecule has 0 saturated heterocycles. The van der Waals surface area contributed by atoms with E-state index in [1.54, 1.807) is 37.0 Å². The Labute approximate surface area is 297 Å². The van der Waals surface area contributed by atoms with Crippen molar-refractivity contribution >= 4 is 51.3 Å². The molecular formula is C36H36ClF2N7O5. The summed E-state index contributed by atoms with van der Waals surface area (Å²) in [6, 6.07) is 6.24. The minimum atomic E-state index is -0.772. The first-order valence-electron chi connectivity index (χ1n) is 16.6. The lowest BCUT2D eigenvalue weighted by Crippen LogP contribution is -2.25. The van der Waals surface area contributed by atoms with Crippen LogP contribution in [0.1, 0.15) is 47.9 Å². The molecule has 1 aliphatic heterocycles. The molecule has 0 N–H and O–H groups in total. The molecule has 0 bridgehead atoms. The molecule has 1 amide bonds. The zero-order valence-electron chi connectivity index (χ0n) is 28.6. The van der Waals surface area contributed by atoms with Gasteiger partial charge >= 0.3 is 6.01 Å². The van der Waals surface area contributed by atoms with E-state index in [1.165, 1.54) is 24.3 Å². The third kappa shape index (κ3) is 6.31. The number of hydrogen-bond acceptors (Lipinski definition) is 10. The lowest BCUT2D eigenvalue weighted by molar-refractivity contribution is -0.113. The highest BCUT2D eigenvalue weighted by atomic mass is 35.5. The number of amides is 1. The summed E-state index contributed by atoms with van der Waals surface area (Å²) in [6.07, 6.45) is 4.67. The number of pyridine rings is 1. The number of carbonyl (C=O) groups is 2. The Kier molecular flexibility index (Phi) is 9.23. The average Bonchev–Trinajstić information content (AvgIpc) is 3.90. The van der Waals surface area contributed by atoms with Gasteiger partial charge in [-0.3, -0.25) is 14.5 Å². The number of benzene rings is 2. The zero-order chi connectivity index (χ0) is 36.0. The molecule has 0 radical (unpaired) electrons. The predicted molar refractivity (Wildman–Crippen MR) is 186 cm³/mol. The number of aryl methyl sites for hydroxylation is 2. The van der Waals surface area contributed by atoms with Gasteiger partial charge in [-0.15, -0.1) is 0 Å². The Morgan fingerprint density at radius 3 is 2.65 bits per heavy atom. The molecule has 51 heavy (non-hydrogen) atoms. The first-order valence-corrected chi connectivity index (χ1v) is 17.0. The van der Waals surface area contributed by atoms with Crippen LogP contribution in [0.4, 0.5) is 14.6 Å². The third-order valence-electron chi connectivity index (χ3n) is 9.41. The predicted octanol–water partition coefficient (Wildman–Crippen LogP) is 5.99. The van der Waals surface area contributed by atoms with Crippen molar-refractivity contribution in [2.75, 3.05) is 46.0 Å². The molecule has 1 aliphatic carbocycles. The molecule has 0 atom stereocenters. The molecule has 5 aromatic rings. The lowest BCUT2D eigenvalue weighted by atomic mass is 9.94. The van der Waals surface area contributed by atoms with Gasteiger partial charge in [-0.05, 0) is 60.2 Å². The van der Waals surface area contributed by atoms with Gasteiger partial charge in [0.05, 0.1) is 28.1 Å². The number of nitrogens with zero attached hydrogens (tertiary/aromatic N) is 7. The van der Waals surface area contributed by atoms with E-state index in [9.17, 15) is 9.59 Å². The topological polar surface area (TPSA) is 125 Å². The summed E-state index contributed by atoms with van der Waals surface area (Å²) in [7, 11) is 4.74. The molecular weight excluding hydrogens is 684 g/mol. The molecule has 3 aromatic heterocycles. The van der Waals surface area contributed by atoms with Gasteiger partial charge in [0.25, 0.3) is 5.91 Å². The normalized spacial score (nSPS) is 15.1. The highest BCUT2D eigenvalue weighted by molar-refractivity contribution is 6.34. The first kappa shape index (κ1) is 34.5. The number of hydrogen-bond donors (Lipinski definition) is 0. The van der Waals surface area contributed by atoms with E-state index in [1.807, 2.05) is 11.8 Å². The van der Waals surface area contributed by atoms with E-state index < -0.39 is 17.0 Å². The molecule has 0 unspecified atom stereocenters. The van der Waals surface area contributed by atoms with Crippen LogP contribution in [-0.2, 0) is 29.0 Å². The molecule has 7 rings (SSSR count). The number of aldehydes is 1. The monoisotopic (exact) mass is 719 g/mol. The van der Waals surface area contributed by atoms with Gasteiger partial charge in [-0.25, -0.2) is 8.78 Å². The smallest absolute Gasteiger partial charge is 0.319 e. The summed E-state index contributed by atoms with van der Waals surface area (Å²) in [5.74, 6) is -0.802. The number of anilines is 1. The maximum atomic E-state index is 17.1.